The Labute approximate surface area is 118 Å². The highest BCUT2D eigenvalue weighted by atomic mass is 32.1. The maximum absolute atomic E-state index is 13.1. The van der Waals surface area contributed by atoms with E-state index in [0.717, 1.165) is 43.5 Å². The molecule has 0 bridgehead atoms. The number of rotatable bonds is 2. The summed E-state index contributed by atoms with van der Waals surface area (Å²) in [6.45, 7) is 0. The Morgan fingerprint density at radius 2 is 2.00 bits per heavy atom. The first-order valence-corrected chi connectivity index (χ1v) is 7.20. The molecule has 1 aromatic carbocycles. The molecule has 1 N–H and O–H groups in total. The zero-order valence-electron chi connectivity index (χ0n) is 10.6. The molecular formula is C14H12F2N2OS. The van der Waals surface area contributed by atoms with Crippen LogP contribution in [0.1, 0.15) is 33.8 Å². The Balaban J connectivity index is 1.78. The van der Waals surface area contributed by atoms with E-state index in [1.807, 2.05) is 0 Å². The molecule has 1 aromatic heterocycles. The highest BCUT2D eigenvalue weighted by molar-refractivity contribution is 7.15. The van der Waals surface area contributed by atoms with Crippen LogP contribution in [0.15, 0.2) is 18.2 Å². The number of aromatic nitrogens is 1. The summed E-state index contributed by atoms with van der Waals surface area (Å²) in [6.07, 6.45) is 4.19. The van der Waals surface area contributed by atoms with E-state index in [-0.39, 0.29) is 5.56 Å². The number of benzene rings is 1. The lowest BCUT2D eigenvalue weighted by atomic mass is 10.0. The van der Waals surface area contributed by atoms with Gasteiger partial charge < -0.3 is 0 Å². The van der Waals surface area contributed by atoms with E-state index in [9.17, 15) is 13.6 Å². The average molecular weight is 294 g/mol. The van der Waals surface area contributed by atoms with Crippen LogP contribution in [0.3, 0.4) is 0 Å². The molecule has 0 saturated heterocycles. The Kier molecular flexibility index (Phi) is 3.48. The lowest BCUT2D eigenvalue weighted by Crippen LogP contribution is -2.12. The third-order valence-electron chi connectivity index (χ3n) is 3.25. The van der Waals surface area contributed by atoms with E-state index < -0.39 is 17.5 Å². The number of hydrogen-bond donors (Lipinski definition) is 1. The van der Waals surface area contributed by atoms with Gasteiger partial charge in [0.05, 0.1) is 5.69 Å². The number of aryl methyl sites for hydroxylation is 2. The number of hydrogen-bond acceptors (Lipinski definition) is 3. The van der Waals surface area contributed by atoms with Crippen molar-refractivity contribution in [3.63, 3.8) is 0 Å². The molecule has 6 heteroatoms. The zero-order chi connectivity index (χ0) is 14.1. The Morgan fingerprint density at radius 1 is 1.20 bits per heavy atom. The molecule has 0 saturated carbocycles. The predicted molar refractivity (Wildman–Crippen MR) is 73.1 cm³/mol. The van der Waals surface area contributed by atoms with Gasteiger partial charge >= 0.3 is 0 Å². The Hall–Kier alpha value is -1.82. The summed E-state index contributed by atoms with van der Waals surface area (Å²) < 4.78 is 25.9. The van der Waals surface area contributed by atoms with Crippen LogP contribution >= 0.6 is 11.3 Å². The van der Waals surface area contributed by atoms with Crippen LogP contribution in [-0.4, -0.2) is 10.9 Å². The highest BCUT2D eigenvalue weighted by Gasteiger charge is 2.17. The van der Waals surface area contributed by atoms with Gasteiger partial charge in [-0.15, -0.1) is 11.3 Å². The van der Waals surface area contributed by atoms with Crippen molar-refractivity contribution in [2.75, 3.05) is 5.32 Å². The smallest absolute Gasteiger partial charge is 0.257 e. The highest BCUT2D eigenvalue weighted by Crippen LogP contribution is 2.29. The molecule has 0 fully saturated rings. The van der Waals surface area contributed by atoms with Gasteiger partial charge in [-0.1, -0.05) is 0 Å². The van der Waals surface area contributed by atoms with Gasteiger partial charge in [0, 0.05) is 10.4 Å². The maximum Gasteiger partial charge on any atom is 0.257 e. The normalized spacial score (nSPS) is 13.9. The first-order chi connectivity index (χ1) is 9.63. The van der Waals surface area contributed by atoms with Gasteiger partial charge in [0.2, 0.25) is 0 Å². The van der Waals surface area contributed by atoms with Crippen molar-refractivity contribution in [3.05, 3.63) is 46.0 Å². The van der Waals surface area contributed by atoms with Crippen molar-refractivity contribution in [3.8, 4) is 0 Å². The second-order valence-corrected chi connectivity index (χ2v) is 5.76. The molecule has 0 atom stereocenters. The molecule has 3 nitrogen and oxygen atoms in total. The van der Waals surface area contributed by atoms with E-state index in [1.54, 1.807) is 0 Å². The zero-order valence-corrected chi connectivity index (χ0v) is 11.4. The van der Waals surface area contributed by atoms with Gasteiger partial charge in [-0.3, -0.25) is 10.1 Å². The summed E-state index contributed by atoms with van der Waals surface area (Å²) in [4.78, 5) is 17.5. The van der Waals surface area contributed by atoms with Crippen molar-refractivity contribution in [2.45, 2.75) is 25.7 Å². The molecule has 0 unspecified atom stereocenters. The lowest BCUT2D eigenvalue weighted by molar-refractivity contribution is 0.102. The lowest BCUT2D eigenvalue weighted by Gasteiger charge is -2.06. The molecule has 104 valence electrons. The first kappa shape index (κ1) is 13.2. The number of nitrogens with one attached hydrogen (secondary N) is 1. The largest absolute Gasteiger partial charge is 0.298 e. The van der Waals surface area contributed by atoms with Crippen LogP contribution in [0.25, 0.3) is 0 Å². The summed E-state index contributed by atoms with van der Waals surface area (Å²) in [7, 11) is 0. The van der Waals surface area contributed by atoms with E-state index in [0.29, 0.717) is 5.13 Å². The molecule has 0 aliphatic heterocycles. The summed E-state index contributed by atoms with van der Waals surface area (Å²) in [6, 6.07) is 3.08. The third kappa shape index (κ3) is 2.56. The van der Waals surface area contributed by atoms with Crippen molar-refractivity contribution in [1.82, 2.24) is 4.98 Å². The maximum atomic E-state index is 13.1. The average Bonchev–Trinajstić information content (AvgIpc) is 2.83. The quantitative estimate of drug-likeness (QED) is 0.920. The van der Waals surface area contributed by atoms with Gasteiger partial charge in [-0.05, 0) is 43.9 Å². The second-order valence-electron chi connectivity index (χ2n) is 4.68. The fourth-order valence-electron chi connectivity index (χ4n) is 2.21. The van der Waals surface area contributed by atoms with Crippen LogP contribution in [0.4, 0.5) is 13.9 Å². The molecule has 1 amide bonds. The summed E-state index contributed by atoms with van der Waals surface area (Å²) in [5.74, 6) is -2.47. The van der Waals surface area contributed by atoms with Crippen molar-refractivity contribution in [1.29, 1.82) is 0 Å². The van der Waals surface area contributed by atoms with Gasteiger partial charge in [0.25, 0.3) is 5.91 Å². The van der Waals surface area contributed by atoms with E-state index >= 15 is 0 Å². The predicted octanol–water partition coefficient (Wildman–Crippen LogP) is 3.55. The number of anilines is 1. The number of amides is 1. The van der Waals surface area contributed by atoms with E-state index in [4.69, 9.17) is 0 Å². The Morgan fingerprint density at radius 3 is 2.75 bits per heavy atom. The number of thiazole rings is 1. The fourth-order valence-corrected chi connectivity index (χ4v) is 3.26. The van der Waals surface area contributed by atoms with Crippen molar-refractivity contribution < 1.29 is 13.6 Å². The van der Waals surface area contributed by atoms with Gasteiger partial charge in [-0.25, -0.2) is 13.8 Å². The van der Waals surface area contributed by atoms with Crippen molar-refractivity contribution >= 4 is 22.4 Å². The molecule has 0 spiro atoms. The molecule has 1 heterocycles. The summed E-state index contributed by atoms with van der Waals surface area (Å²) in [5, 5.41) is 3.16. The number of carbonyl (C=O) groups is 1. The molecule has 1 aliphatic rings. The number of nitrogens with zero attached hydrogens (tertiary/aromatic N) is 1. The molecule has 2 aromatic rings. The standard InChI is InChI=1S/C14H12F2N2OS/c15-9-6-5-8(7-10(9)16)13(19)18-14-17-11-3-1-2-4-12(11)20-14/h5-7H,1-4H2,(H,17,18,19). The van der Waals surface area contributed by atoms with Gasteiger partial charge in [0.15, 0.2) is 16.8 Å². The first-order valence-electron chi connectivity index (χ1n) is 6.38. The summed E-state index contributed by atoms with van der Waals surface area (Å²) >= 11 is 1.45. The second kappa shape index (κ2) is 5.28. The molecule has 0 radical (unpaired) electrons. The monoisotopic (exact) mass is 294 g/mol. The third-order valence-corrected chi connectivity index (χ3v) is 4.32. The van der Waals surface area contributed by atoms with Crippen LogP contribution in [0.5, 0.6) is 0 Å². The SMILES string of the molecule is O=C(Nc1nc2c(s1)CCCC2)c1ccc(F)c(F)c1. The number of fused-ring (bicyclic) bond motifs is 1. The van der Waals surface area contributed by atoms with Gasteiger partial charge in [0.1, 0.15) is 0 Å². The van der Waals surface area contributed by atoms with E-state index in [1.165, 1.54) is 22.3 Å². The minimum atomic E-state index is -1.03. The minimum absolute atomic E-state index is 0.0806. The topological polar surface area (TPSA) is 42.0 Å². The molecular weight excluding hydrogens is 282 g/mol. The fraction of sp³-hybridized carbons (Fsp3) is 0.286. The molecule has 20 heavy (non-hydrogen) atoms. The molecule has 1 aliphatic carbocycles. The van der Waals surface area contributed by atoms with Crippen molar-refractivity contribution in [2.24, 2.45) is 0 Å². The van der Waals surface area contributed by atoms with Crippen LogP contribution in [0, 0.1) is 11.6 Å². The van der Waals surface area contributed by atoms with Gasteiger partial charge in [-0.2, -0.15) is 0 Å². The minimum Gasteiger partial charge on any atom is -0.298 e. The molecule has 3 rings (SSSR count). The summed E-state index contributed by atoms with van der Waals surface area (Å²) in [5.41, 5.74) is 1.12. The van der Waals surface area contributed by atoms with E-state index in [2.05, 4.69) is 10.3 Å². The number of carbonyl (C=O) groups excluding carboxylic acids is 1. The van der Waals surface area contributed by atoms with Crippen LogP contribution in [0.2, 0.25) is 0 Å². The Bertz CT molecular complexity index is 646. The van der Waals surface area contributed by atoms with Crippen LogP contribution in [-0.2, 0) is 12.8 Å². The van der Waals surface area contributed by atoms with Crippen LogP contribution < -0.4 is 5.32 Å². The number of halogens is 2.